The van der Waals surface area contributed by atoms with E-state index >= 15 is 0 Å². The molecule has 2 nitrogen and oxygen atoms in total. The van der Waals surface area contributed by atoms with Gasteiger partial charge in [0.2, 0.25) is 5.67 Å². The largest absolute Gasteiger partial charge is 0.479 e. The first-order valence-electron chi connectivity index (χ1n) is 3.53. The number of halogens is 1. The van der Waals surface area contributed by atoms with Gasteiger partial charge in [-0.1, -0.05) is 30.3 Å². The Morgan fingerprint density at radius 3 is 2.33 bits per heavy atom. The number of alkyl halides is 1. The fraction of sp³-hybridized carbons (Fsp3) is 0.222. The second-order valence-electron chi connectivity index (χ2n) is 2.67. The van der Waals surface area contributed by atoms with Crippen LogP contribution in [0.1, 0.15) is 12.5 Å². The van der Waals surface area contributed by atoms with Gasteiger partial charge >= 0.3 is 5.97 Å². The highest BCUT2D eigenvalue weighted by molar-refractivity contribution is 5.78. The molecule has 0 aliphatic rings. The Kier molecular flexibility index (Phi) is 2.13. The maximum absolute atomic E-state index is 13.3. The van der Waals surface area contributed by atoms with Crippen molar-refractivity contribution in [1.82, 2.24) is 0 Å². The molecule has 1 aromatic carbocycles. The third kappa shape index (κ3) is 1.44. The van der Waals surface area contributed by atoms with Gasteiger partial charge in [-0.15, -0.1) is 0 Å². The van der Waals surface area contributed by atoms with Crippen LogP contribution in [0.25, 0.3) is 0 Å². The molecule has 3 heteroatoms. The zero-order valence-electron chi connectivity index (χ0n) is 6.62. The highest BCUT2D eigenvalue weighted by Gasteiger charge is 2.34. The molecule has 0 saturated heterocycles. The quantitative estimate of drug-likeness (QED) is 0.732. The van der Waals surface area contributed by atoms with E-state index < -0.39 is 11.6 Å². The Morgan fingerprint density at radius 1 is 1.42 bits per heavy atom. The summed E-state index contributed by atoms with van der Waals surface area (Å²) >= 11 is 0. The van der Waals surface area contributed by atoms with Crippen molar-refractivity contribution in [2.45, 2.75) is 12.6 Å². The molecule has 12 heavy (non-hydrogen) atoms. The van der Waals surface area contributed by atoms with Gasteiger partial charge in [-0.3, -0.25) is 0 Å². The molecule has 0 spiro atoms. The fourth-order valence-electron chi connectivity index (χ4n) is 0.875. The van der Waals surface area contributed by atoms with Crippen molar-refractivity contribution in [2.75, 3.05) is 0 Å². The summed E-state index contributed by atoms with van der Waals surface area (Å²) in [5, 5.41) is 8.52. The molecule has 1 atom stereocenters. The highest BCUT2D eigenvalue weighted by atomic mass is 19.1. The van der Waals surface area contributed by atoms with E-state index in [-0.39, 0.29) is 5.56 Å². The van der Waals surface area contributed by atoms with Crippen LogP contribution < -0.4 is 0 Å². The Labute approximate surface area is 69.6 Å². The normalized spacial score (nSPS) is 15.2. The molecule has 0 aliphatic heterocycles. The number of aliphatic carboxylic acids is 1. The van der Waals surface area contributed by atoms with Gasteiger partial charge in [0.25, 0.3) is 0 Å². The van der Waals surface area contributed by atoms with Crippen molar-refractivity contribution in [3.05, 3.63) is 35.9 Å². The van der Waals surface area contributed by atoms with Gasteiger partial charge in [-0.05, 0) is 6.92 Å². The van der Waals surface area contributed by atoms with Crippen LogP contribution in [0.3, 0.4) is 0 Å². The molecule has 0 heterocycles. The van der Waals surface area contributed by atoms with Crippen molar-refractivity contribution < 1.29 is 14.3 Å². The number of hydrogen-bond donors (Lipinski definition) is 1. The summed E-state index contributed by atoms with van der Waals surface area (Å²) in [7, 11) is 0. The monoisotopic (exact) mass is 168 g/mol. The minimum atomic E-state index is -2.29. The molecule has 1 N–H and O–H groups in total. The lowest BCUT2D eigenvalue weighted by molar-refractivity contribution is -0.150. The van der Waals surface area contributed by atoms with Crippen LogP contribution in [0.15, 0.2) is 30.3 Å². The van der Waals surface area contributed by atoms with Gasteiger partial charge in [-0.25, -0.2) is 9.18 Å². The molecule has 0 aromatic heterocycles. The number of carboxylic acids is 1. The summed E-state index contributed by atoms with van der Waals surface area (Å²) in [5.41, 5.74) is -2.13. The van der Waals surface area contributed by atoms with E-state index in [0.29, 0.717) is 0 Å². The summed E-state index contributed by atoms with van der Waals surface area (Å²) < 4.78 is 13.3. The van der Waals surface area contributed by atoms with E-state index in [9.17, 15) is 9.18 Å². The molecule has 0 radical (unpaired) electrons. The molecule has 1 rings (SSSR count). The maximum atomic E-state index is 13.3. The second kappa shape index (κ2) is 2.93. The first kappa shape index (κ1) is 8.71. The fourth-order valence-corrected chi connectivity index (χ4v) is 0.875. The van der Waals surface area contributed by atoms with Gasteiger partial charge in [-0.2, -0.15) is 0 Å². The van der Waals surface area contributed by atoms with Crippen LogP contribution in [0.4, 0.5) is 4.39 Å². The van der Waals surface area contributed by atoms with E-state index in [4.69, 9.17) is 5.11 Å². The molecule has 64 valence electrons. The molecule has 0 amide bonds. The van der Waals surface area contributed by atoms with Gasteiger partial charge in [0.1, 0.15) is 0 Å². The number of carboxylic acid groups (broad SMARTS) is 1. The van der Waals surface area contributed by atoms with Crippen molar-refractivity contribution >= 4 is 5.97 Å². The lowest BCUT2D eigenvalue weighted by Crippen LogP contribution is -2.26. The summed E-state index contributed by atoms with van der Waals surface area (Å²) in [6.45, 7) is 1.03. The summed E-state index contributed by atoms with van der Waals surface area (Å²) in [6, 6.07) is 7.83. The van der Waals surface area contributed by atoms with Gasteiger partial charge in [0.05, 0.1) is 0 Å². The molecule has 0 aliphatic carbocycles. The summed E-state index contributed by atoms with van der Waals surface area (Å²) in [6.07, 6.45) is 0. The van der Waals surface area contributed by atoms with Gasteiger partial charge in [0.15, 0.2) is 0 Å². The van der Waals surface area contributed by atoms with E-state index in [0.717, 1.165) is 6.92 Å². The van der Waals surface area contributed by atoms with Crippen LogP contribution in [0, 0.1) is 0 Å². The van der Waals surface area contributed by atoms with Gasteiger partial charge < -0.3 is 5.11 Å². The van der Waals surface area contributed by atoms with E-state index in [1.54, 1.807) is 18.2 Å². The third-order valence-electron chi connectivity index (χ3n) is 1.72. The average molecular weight is 168 g/mol. The lowest BCUT2D eigenvalue weighted by atomic mass is 9.98. The predicted molar refractivity (Wildman–Crippen MR) is 42.5 cm³/mol. The van der Waals surface area contributed by atoms with Crippen molar-refractivity contribution in [2.24, 2.45) is 0 Å². The smallest absolute Gasteiger partial charge is 0.345 e. The summed E-state index contributed by atoms with van der Waals surface area (Å²) in [4.78, 5) is 10.4. The minimum absolute atomic E-state index is 0.164. The molecular formula is C9H9FO2. The van der Waals surface area contributed by atoms with Gasteiger partial charge in [0, 0.05) is 5.56 Å². The Hall–Kier alpha value is -1.38. The molecule has 1 aromatic rings. The van der Waals surface area contributed by atoms with Crippen LogP contribution in [-0.4, -0.2) is 11.1 Å². The average Bonchev–Trinajstić information content (AvgIpc) is 2.06. The molecular weight excluding hydrogens is 159 g/mol. The number of benzene rings is 1. The Balaban J connectivity index is 3.06. The maximum Gasteiger partial charge on any atom is 0.345 e. The SMILES string of the molecule is C[C@](F)(C(=O)O)c1ccccc1. The van der Waals surface area contributed by atoms with Crippen molar-refractivity contribution in [3.63, 3.8) is 0 Å². The number of carbonyl (C=O) groups is 1. The highest BCUT2D eigenvalue weighted by Crippen LogP contribution is 2.24. The standard InChI is InChI=1S/C9H9FO2/c1-9(10,8(11)12)7-5-3-2-4-6-7/h2-6H,1H3,(H,11,12)/t9-/m1/s1. The molecule has 0 bridgehead atoms. The zero-order chi connectivity index (χ0) is 9.19. The first-order valence-corrected chi connectivity index (χ1v) is 3.53. The van der Waals surface area contributed by atoms with Crippen LogP contribution in [0.5, 0.6) is 0 Å². The number of hydrogen-bond acceptors (Lipinski definition) is 1. The van der Waals surface area contributed by atoms with Crippen LogP contribution >= 0.6 is 0 Å². The molecule has 0 saturated carbocycles. The third-order valence-corrected chi connectivity index (χ3v) is 1.72. The topological polar surface area (TPSA) is 37.3 Å². The van der Waals surface area contributed by atoms with E-state index in [1.807, 2.05) is 0 Å². The Bertz CT molecular complexity index is 280. The van der Waals surface area contributed by atoms with Crippen molar-refractivity contribution in [1.29, 1.82) is 0 Å². The van der Waals surface area contributed by atoms with E-state index in [2.05, 4.69) is 0 Å². The van der Waals surface area contributed by atoms with Crippen LogP contribution in [0.2, 0.25) is 0 Å². The number of rotatable bonds is 2. The van der Waals surface area contributed by atoms with E-state index in [1.165, 1.54) is 12.1 Å². The van der Waals surface area contributed by atoms with Crippen LogP contribution in [-0.2, 0) is 10.5 Å². The molecule has 0 unspecified atom stereocenters. The zero-order valence-corrected chi connectivity index (χ0v) is 6.62. The predicted octanol–water partition coefficient (Wildman–Crippen LogP) is 1.96. The first-order chi connectivity index (χ1) is 5.55. The Morgan fingerprint density at radius 2 is 1.92 bits per heavy atom. The van der Waals surface area contributed by atoms with Crippen molar-refractivity contribution in [3.8, 4) is 0 Å². The minimum Gasteiger partial charge on any atom is -0.479 e. The lowest BCUT2D eigenvalue weighted by Gasteiger charge is -2.14. The second-order valence-corrected chi connectivity index (χ2v) is 2.67. The summed E-state index contributed by atoms with van der Waals surface area (Å²) in [5.74, 6) is -1.46. The molecule has 0 fully saturated rings.